The predicted molar refractivity (Wildman–Crippen MR) is 79.4 cm³/mol. The normalized spacial score (nSPS) is 22.8. The number of thiophene rings is 1. The standard InChI is InChI=1S/C15H19NO3S/c17-14(8-7-12-5-3-9-20-12)16-10-11-4-1-2-6-13(11)15(18)19/h3,5,7-9,11,13H,1-2,4,6,10H2,(H,16,17)(H,18,19). The summed E-state index contributed by atoms with van der Waals surface area (Å²) in [5.74, 6) is -1.16. The molecule has 1 amide bonds. The number of carboxylic acids is 1. The third kappa shape index (κ3) is 4.20. The molecule has 1 aliphatic rings. The number of carbonyl (C=O) groups excluding carboxylic acids is 1. The maximum Gasteiger partial charge on any atom is 0.306 e. The van der Waals surface area contributed by atoms with Gasteiger partial charge in [0.05, 0.1) is 5.92 Å². The second-order valence-corrected chi connectivity index (χ2v) is 6.06. The van der Waals surface area contributed by atoms with Crippen LogP contribution in [0.1, 0.15) is 30.6 Å². The van der Waals surface area contributed by atoms with Crippen LogP contribution < -0.4 is 5.32 Å². The third-order valence-electron chi connectivity index (χ3n) is 3.71. The highest BCUT2D eigenvalue weighted by atomic mass is 32.1. The molecular weight excluding hydrogens is 274 g/mol. The highest BCUT2D eigenvalue weighted by Crippen LogP contribution is 2.29. The molecule has 1 aromatic rings. The quantitative estimate of drug-likeness (QED) is 0.820. The zero-order chi connectivity index (χ0) is 14.4. The van der Waals surface area contributed by atoms with Crippen molar-refractivity contribution in [2.24, 2.45) is 11.8 Å². The van der Waals surface area contributed by atoms with E-state index < -0.39 is 5.97 Å². The monoisotopic (exact) mass is 293 g/mol. The number of rotatable bonds is 5. The van der Waals surface area contributed by atoms with E-state index in [-0.39, 0.29) is 17.7 Å². The SMILES string of the molecule is O=C(C=Cc1cccs1)NCC1CCCCC1C(=O)O. The van der Waals surface area contributed by atoms with Gasteiger partial charge in [-0.05, 0) is 36.3 Å². The maximum absolute atomic E-state index is 11.7. The van der Waals surface area contributed by atoms with E-state index in [1.807, 2.05) is 17.5 Å². The smallest absolute Gasteiger partial charge is 0.306 e. The van der Waals surface area contributed by atoms with E-state index in [4.69, 9.17) is 0 Å². The summed E-state index contributed by atoms with van der Waals surface area (Å²) in [7, 11) is 0. The minimum absolute atomic E-state index is 0.0559. The summed E-state index contributed by atoms with van der Waals surface area (Å²) in [4.78, 5) is 23.9. The molecule has 5 heteroatoms. The van der Waals surface area contributed by atoms with E-state index in [9.17, 15) is 14.7 Å². The van der Waals surface area contributed by atoms with Crippen LogP contribution in [-0.4, -0.2) is 23.5 Å². The Hall–Kier alpha value is -1.62. The Morgan fingerprint density at radius 3 is 2.90 bits per heavy atom. The predicted octanol–water partition coefficient (Wildman–Crippen LogP) is 2.77. The molecule has 2 atom stereocenters. The number of carboxylic acid groups (broad SMARTS) is 1. The van der Waals surface area contributed by atoms with Gasteiger partial charge in [-0.3, -0.25) is 9.59 Å². The van der Waals surface area contributed by atoms with Gasteiger partial charge in [-0.25, -0.2) is 0 Å². The molecule has 0 radical (unpaired) electrons. The van der Waals surface area contributed by atoms with Crippen LogP contribution in [0.5, 0.6) is 0 Å². The van der Waals surface area contributed by atoms with Gasteiger partial charge in [0.15, 0.2) is 0 Å². The molecular formula is C15H19NO3S. The van der Waals surface area contributed by atoms with E-state index in [1.54, 1.807) is 17.4 Å². The third-order valence-corrected chi connectivity index (χ3v) is 4.54. The highest BCUT2D eigenvalue weighted by molar-refractivity contribution is 7.10. The van der Waals surface area contributed by atoms with Crippen LogP contribution in [-0.2, 0) is 9.59 Å². The summed E-state index contributed by atoms with van der Waals surface area (Å²) in [5, 5.41) is 13.9. The van der Waals surface area contributed by atoms with Crippen molar-refractivity contribution < 1.29 is 14.7 Å². The van der Waals surface area contributed by atoms with Crippen LogP contribution in [0.3, 0.4) is 0 Å². The first kappa shape index (κ1) is 14.8. The first-order valence-electron chi connectivity index (χ1n) is 6.89. The Morgan fingerprint density at radius 2 is 2.20 bits per heavy atom. The van der Waals surface area contributed by atoms with E-state index in [1.165, 1.54) is 6.08 Å². The molecule has 108 valence electrons. The molecule has 1 fully saturated rings. The molecule has 0 aliphatic heterocycles. The van der Waals surface area contributed by atoms with Crippen LogP contribution in [0.2, 0.25) is 0 Å². The first-order valence-corrected chi connectivity index (χ1v) is 7.77. The average Bonchev–Trinajstić information content (AvgIpc) is 2.96. The molecule has 1 heterocycles. The number of aliphatic carboxylic acids is 1. The van der Waals surface area contributed by atoms with Crippen LogP contribution in [0, 0.1) is 11.8 Å². The summed E-state index contributed by atoms with van der Waals surface area (Å²) in [6.45, 7) is 0.449. The Bertz CT molecular complexity index is 481. The van der Waals surface area contributed by atoms with Crippen LogP contribution >= 0.6 is 11.3 Å². The van der Waals surface area contributed by atoms with Gasteiger partial charge in [-0.2, -0.15) is 0 Å². The van der Waals surface area contributed by atoms with Gasteiger partial charge in [-0.1, -0.05) is 18.9 Å². The minimum Gasteiger partial charge on any atom is -0.481 e. The Kier molecular flexibility index (Phi) is 5.35. The molecule has 1 saturated carbocycles. The summed E-state index contributed by atoms with van der Waals surface area (Å²) in [6, 6.07) is 3.87. The van der Waals surface area contributed by atoms with Gasteiger partial charge >= 0.3 is 5.97 Å². The molecule has 2 unspecified atom stereocenters. The lowest BCUT2D eigenvalue weighted by Gasteiger charge is -2.28. The molecule has 0 saturated heterocycles. The zero-order valence-electron chi connectivity index (χ0n) is 11.2. The lowest BCUT2D eigenvalue weighted by molar-refractivity contribution is -0.145. The fraction of sp³-hybridized carbons (Fsp3) is 0.467. The number of carbonyl (C=O) groups is 2. The molecule has 2 N–H and O–H groups in total. The fourth-order valence-corrected chi connectivity index (χ4v) is 3.23. The van der Waals surface area contributed by atoms with Crippen LogP contribution in [0.25, 0.3) is 6.08 Å². The van der Waals surface area contributed by atoms with Crippen molar-refractivity contribution in [2.75, 3.05) is 6.54 Å². The molecule has 0 spiro atoms. The van der Waals surface area contributed by atoms with E-state index in [0.717, 1.165) is 30.6 Å². The molecule has 20 heavy (non-hydrogen) atoms. The Labute approximate surface area is 122 Å². The molecule has 0 aromatic carbocycles. The number of amides is 1. The average molecular weight is 293 g/mol. The second-order valence-electron chi connectivity index (χ2n) is 5.08. The van der Waals surface area contributed by atoms with Crippen molar-refractivity contribution >= 4 is 29.3 Å². The topological polar surface area (TPSA) is 66.4 Å². The van der Waals surface area contributed by atoms with Crippen molar-refractivity contribution in [3.8, 4) is 0 Å². The maximum atomic E-state index is 11.7. The molecule has 0 bridgehead atoms. The minimum atomic E-state index is -0.738. The summed E-state index contributed by atoms with van der Waals surface area (Å²) in [5.41, 5.74) is 0. The summed E-state index contributed by atoms with van der Waals surface area (Å²) >= 11 is 1.57. The Balaban J connectivity index is 1.81. The summed E-state index contributed by atoms with van der Waals surface area (Å²) in [6.07, 6.45) is 6.90. The van der Waals surface area contributed by atoms with Gasteiger partial charge in [0.25, 0.3) is 0 Å². The summed E-state index contributed by atoms with van der Waals surface area (Å²) < 4.78 is 0. The lowest BCUT2D eigenvalue weighted by atomic mass is 9.79. The van der Waals surface area contributed by atoms with E-state index in [0.29, 0.717) is 6.54 Å². The van der Waals surface area contributed by atoms with Gasteiger partial charge < -0.3 is 10.4 Å². The Morgan fingerprint density at radius 1 is 1.40 bits per heavy atom. The number of hydrogen-bond acceptors (Lipinski definition) is 3. The first-order chi connectivity index (χ1) is 9.66. The van der Waals surface area contributed by atoms with Crippen LogP contribution in [0.4, 0.5) is 0 Å². The van der Waals surface area contributed by atoms with Crippen molar-refractivity contribution in [1.29, 1.82) is 0 Å². The van der Waals surface area contributed by atoms with Gasteiger partial charge in [0, 0.05) is 17.5 Å². The highest BCUT2D eigenvalue weighted by Gasteiger charge is 2.30. The molecule has 1 aliphatic carbocycles. The van der Waals surface area contributed by atoms with E-state index in [2.05, 4.69) is 5.32 Å². The van der Waals surface area contributed by atoms with Gasteiger partial charge in [0.2, 0.25) is 5.91 Å². The molecule has 1 aromatic heterocycles. The van der Waals surface area contributed by atoms with Crippen molar-refractivity contribution in [2.45, 2.75) is 25.7 Å². The number of nitrogens with one attached hydrogen (secondary N) is 1. The zero-order valence-corrected chi connectivity index (χ0v) is 12.1. The van der Waals surface area contributed by atoms with E-state index >= 15 is 0 Å². The fourth-order valence-electron chi connectivity index (χ4n) is 2.61. The number of hydrogen-bond donors (Lipinski definition) is 2. The van der Waals surface area contributed by atoms with Crippen LogP contribution in [0.15, 0.2) is 23.6 Å². The molecule has 2 rings (SSSR count). The second kappa shape index (κ2) is 7.24. The lowest BCUT2D eigenvalue weighted by Crippen LogP contribution is -2.36. The largest absolute Gasteiger partial charge is 0.481 e. The van der Waals surface area contributed by atoms with Gasteiger partial charge in [-0.15, -0.1) is 11.3 Å². The molecule has 4 nitrogen and oxygen atoms in total. The van der Waals surface area contributed by atoms with Crippen molar-refractivity contribution in [3.05, 3.63) is 28.5 Å². The van der Waals surface area contributed by atoms with Crippen molar-refractivity contribution in [3.63, 3.8) is 0 Å². The van der Waals surface area contributed by atoms with Crippen molar-refractivity contribution in [1.82, 2.24) is 5.32 Å². The van der Waals surface area contributed by atoms with Gasteiger partial charge in [0.1, 0.15) is 0 Å².